The van der Waals surface area contributed by atoms with Crippen LogP contribution in [0.3, 0.4) is 0 Å². The smallest absolute Gasteiger partial charge is 0.147 e. The van der Waals surface area contributed by atoms with Crippen molar-refractivity contribution in [2.24, 2.45) is 5.11 Å². The summed E-state index contributed by atoms with van der Waals surface area (Å²) in [7, 11) is 1.55. The van der Waals surface area contributed by atoms with Crippen LogP contribution in [-0.2, 0) is 4.74 Å². The molecule has 0 amide bonds. The first-order valence-corrected chi connectivity index (χ1v) is 6.03. The standard InChI is InChI=1S/C15H15N3O/c1-19-15(17-18-16)14(12-8-4-2-5-9-12)13-10-6-3-7-11-13/h2-11,14-15H,1H3. The third-order valence-electron chi connectivity index (χ3n) is 3.01. The van der Waals surface area contributed by atoms with Crippen LogP contribution in [0.15, 0.2) is 65.8 Å². The summed E-state index contributed by atoms with van der Waals surface area (Å²) in [6, 6.07) is 19.8. The molecule has 4 heteroatoms. The molecule has 4 nitrogen and oxygen atoms in total. The van der Waals surface area contributed by atoms with E-state index in [-0.39, 0.29) is 5.92 Å². The zero-order valence-corrected chi connectivity index (χ0v) is 10.7. The Morgan fingerprint density at radius 1 is 0.947 bits per heavy atom. The second kappa shape index (κ2) is 6.59. The number of hydrogen-bond donors (Lipinski definition) is 0. The molecule has 0 heterocycles. The fraction of sp³-hybridized carbons (Fsp3) is 0.200. The summed E-state index contributed by atoms with van der Waals surface area (Å²) >= 11 is 0. The van der Waals surface area contributed by atoms with Gasteiger partial charge in [-0.1, -0.05) is 65.8 Å². The molecule has 1 unspecified atom stereocenters. The number of nitrogens with zero attached hydrogens (tertiary/aromatic N) is 3. The largest absolute Gasteiger partial charge is 0.374 e. The van der Waals surface area contributed by atoms with Crippen LogP contribution in [0.1, 0.15) is 17.0 Å². The summed E-state index contributed by atoms with van der Waals surface area (Å²) in [5, 5.41) is 3.75. The molecular formula is C15H15N3O. The van der Waals surface area contributed by atoms with E-state index in [9.17, 15) is 0 Å². The fourth-order valence-corrected chi connectivity index (χ4v) is 2.14. The van der Waals surface area contributed by atoms with E-state index >= 15 is 0 Å². The van der Waals surface area contributed by atoms with Crippen molar-refractivity contribution >= 4 is 0 Å². The van der Waals surface area contributed by atoms with E-state index in [2.05, 4.69) is 10.0 Å². The lowest BCUT2D eigenvalue weighted by Crippen LogP contribution is -2.19. The number of methoxy groups -OCH3 is 1. The molecule has 0 fully saturated rings. The van der Waals surface area contributed by atoms with Gasteiger partial charge in [0.25, 0.3) is 0 Å². The van der Waals surface area contributed by atoms with Gasteiger partial charge >= 0.3 is 0 Å². The summed E-state index contributed by atoms with van der Waals surface area (Å²) < 4.78 is 5.34. The van der Waals surface area contributed by atoms with Crippen LogP contribution in [-0.4, -0.2) is 13.3 Å². The van der Waals surface area contributed by atoms with Crippen LogP contribution in [0.2, 0.25) is 0 Å². The van der Waals surface area contributed by atoms with Crippen LogP contribution in [0.25, 0.3) is 10.4 Å². The lowest BCUT2D eigenvalue weighted by atomic mass is 9.90. The Morgan fingerprint density at radius 2 is 1.42 bits per heavy atom. The first kappa shape index (κ1) is 13.1. The van der Waals surface area contributed by atoms with Gasteiger partial charge in [-0.3, -0.25) is 0 Å². The van der Waals surface area contributed by atoms with Crippen molar-refractivity contribution < 1.29 is 4.74 Å². The topological polar surface area (TPSA) is 58.0 Å². The van der Waals surface area contributed by atoms with Crippen molar-refractivity contribution in [2.45, 2.75) is 12.1 Å². The van der Waals surface area contributed by atoms with E-state index in [4.69, 9.17) is 10.3 Å². The van der Waals surface area contributed by atoms with Gasteiger partial charge in [0.1, 0.15) is 6.23 Å². The SMILES string of the molecule is COC(N=[N+]=[N-])C(c1ccccc1)c1ccccc1. The Hall–Kier alpha value is -2.29. The van der Waals surface area contributed by atoms with Crippen molar-refractivity contribution in [1.29, 1.82) is 0 Å². The maximum atomic E-state index is 8.69. The molecule has 1 atom stereocenters. The van der Waals surface area contributed by atoms with Gasteiger partial charge < -0.3 is 4.74 Å². The van der Waals surface area contributed by atoms with Gasteiger partial charge in [-0.05, 0) is 16.7 Å². The van der Waals surface area contributed by atoms with Crippen LogP contribution in [0, 0.1) is 0 Å². The lowest BCUT2D eigenvalue weighted by Gasteiger charge is -2.23. The second-order valence-corrected chi connectivity index (χ2v) is 4.13. The van der Waals surface area contributed by atoms with Gasteiger partial charge in [0.05, 0.1) is 0 Å². The van der Waals surface area contributed by atoms with E-state index in [1.165, 1.54) is 0 Å². The van der Waals surface area contributed by atoms with E-state index < -0.39 is 6.23 Å². The third-order valence-corrected chi connectivity index (χ3v) is 3.01. The predicted octanol–water partition coefficient (Wildman–Crippen LogP) is 4.10. The third kappa shape index (κ3) is 3.13. The summed E-state index contributed by atoms with van der Waals surface area (Å²) in [6.45, 7) is 0. The highest BCUT2D eigenvalue weighted by Crippen LogP contribution is 2.30. The monoisotopic (exact) mass is 253 g/mol. The molecule has 0 aliphatic heterocycles. The fourth-order valence-electron chi connectivity index (χ4n) is 2.14. The molecular weight excluding hydrogens is 238 g/mol. The minimum atomic E-state index is -0.560. The van der Waals surface area contributed by atoms with E-state index in [0.29, 0.717) is 0 Å². The second-order valence-electron chi connectivity index (χ2n) is 4.13. The van der Waals surface area contributed by atoms with Crippen molar-refractivity contribution in [2.75, 3.05) is 7.11 Å². The Balaban J connectivity index is 2.47. The Bertz CT molecular complexity index is 511. The highest BCUT2D eigenvalue weighted by molar-refractivity contribution is 5.33. The molecule has 0 aliphatic carbocycles. The zero-order chi connectivity index (χ0) is 13.5. The normalized spacial score (nSPS) is 11.9. The van der Waals surface area contributed by atoms with Gasteiger partial charge in [-0.2, -0.15) is 0 Å². The van der Waals surface area contributed by atoms with Gasteiger partial charge in [0, 0.05) is 17.9 Å². The molecule has 2 aromatic rings. The highest BCUT2D eigenvalue weighted by Gasteiger charge is 2.23. The number of benzene rings is 2. The van der Waals surface area contributed by atoms with Crippen molar-refractivity contribution in [3.8, 4) is 0 Å². The summed E-state index contributed by atoms with van der Waals surface area (Å²) in [4.78, 5) is 2.88. The molecule has 0 aliphatic rings. The van der Waals surface area contributed by atoms with Crippen LogP contribution in [0.5, 0.6) is 0 Å². The Labute approximate surface area is 112 Å². The van der Waals surface area contributed by atoms with E-state index in [0.717, 1.165) is 11.1 Å². The van der Waals surface area contributed by atoms with E-state index in [1.54, 1.807) is 7.11 Å². The molecule has 0 saturated heterocycles. The average molecular weight is 253 g/mol. The number of ether oxygens (including phenoxy) is 1. The summed E-state index contributed by atoms with van der Waals surface area (Å²) in [5.74, 6) is -0.108. The highest BCUT2D eigenvalue weighted by atomic mass is 16.5. The lowest BCUT2D eigenvalue weighted by molar-refractivity contribution is 0.0948. The van der Waals surface area contributed by atoms with Crippen molar-refractivity contribution in [3.05, 3.63) is 82.2 Å². The number of rotatable bonds is 5. The van der Waals surface area contributed by atoms with Crippen LogP contribution < -0.4 is 0 Å². The van der Waals surface area contributed by atoms with Gasteiger partial charge in [-0.15, -0.1) is 0 Å². The molecule has 0 bridgehead atoms. The summed E-state index contributed by atoms with van der Waals surface area (Å²) in [6.07, 6.45) is -0.560. The molecule has 0 spiro atoms. The molecule has 2 aromatic carbocycles. The van der Waals surface area contributed by atoms with Crippen molar-refractivity contribution in [3.63, 3.8) is 0 Å². The van der Waals surface area contributed by atoms with Crippen LogP contribution in [0.4, 0.5) is 0 Å². The Morgan fingerprint density at radius 3 is 1.79 bits per heavy atom. The summed E-state index contributed by atoms with van der Waals surface area (Å²) in [5.41, 5.74) is 10.8. The van der Waals surface area contributed by atoms with Crippen molar-refractivity contribution in [1.82, 2.24) is 0 Å². The zero-order valence-electron chi connectivity index (χ0n) is 10.7. The molecule has 0 aromatic heterocycles. The van der Waals surface area contributed by atoms with Crippen LogP contribution >= 0.6 is 0 Å². The molecule has 0 N–H and O–H groups in total. The average Bonchev–Trinajstić information content (AvgIpc) is 2.49. The molecule has 0 radical (unpaired) electrons. The first-order valence-electron chi connectivity index (χ1n) is 6.03. The maximum Gasteiger partial charge on any atom is 0.147 e. The minimum absolute atomic E-state index is 0.108. The van der Waals surface area contributed by atoms with Gasteiger partial charge in [0.2, 0.25) is 0 Å². The molecule has 2 rings (SSSR count). The Kier molecular flexibility index (Phi) is 4.56. The number of azide groups is 1. The predicted molar refractivity (Wildman–Crippen MR) is 74.7 cm³/mol. The minimum Gasteiger partial charge on any atom is -0.374 e. The molecule has 0 saturated carbocycles. The molecule has 96 valence electrons. The quantitative estimate of drug-likeness (QED) is 0.449. The van der Waals surface area contributed by atoms with E-state index in [1.807, 2.05) is 60.7 Å². The first-order chi connectivity index (χ1) is 9.36. The van der Waals surface area contributed by atoms with Gasteiger partial charge in [-0.25, -0.2) is 0 Å². The maximum absolute atomic E-state index is 8.69. The molecule has 19 heavy (non-hydrogen) atoms. The van der Waals surface area contributed by atoms with Gasteiger partial charge in [0.15, 0.2) is 0 Å². The number of hydrogen-bond acceptors (Lipinski definition) is 2.